The van der Waals surface area contributed by atoms with E-state index >= 15 is 0 Å². The summed E-state index contributed by atoms with van der Waals surface area (Å²) in [6.07, 6.45) is 4.88. The van der Waals surface area contributed by atoms with E-state index in [1.165, 1.54) is 5.57 Å². The van der Waals surface area contributed by atoms with Crippen LogP contribution in [0.2, 0.25) is 0 Å². The fourth-order valence-corrected chi connectivity index (χ4v) is 1.44. The molecule has 0 bridgehead atoms. The summed E-state index contributed by atoms with van der Waals surface area (Å²) in [6.45, 7) is 2.11. The molecule has 1 aromatic heterocycles. The molecule has 2 atom stereocenters. The summed E-state index contributed by atoms with van der Waals surface area (Å²) >= 11 is 0. The van der Waals surface area contributed by atoms with Crippen LogP contribution in [0.25, 0.3) is 6.08 Å². The van der Waals surface area contributed by atoms with Crippen molar-refractivity contribution in [2.24, 2.45) is 11.7 Å². The number of hydrogen-bond acceptors (Lipinski definition) is 2. The van der Waals surface area contributed by atoms with Crippen molar-refractivity contribution in [3.05, 3.63) is 29.7 Å². The summed E-state index contributed by atoms with van der Waals surface area (Å²) in [4.78, 5) is 0. The Hall–Kier alpha value is -1.02. The molecule has 0 aliphatic heterocycles. The van der Waals surface area contributed by atoms with Crippen molar-refractivity contribution in [3.8, 4) is 0 Å². The first-order valence-electron chi connectivity index (χ1n) is 4.24. The molecule has 1 heterocycles. The van der Waals surface area contributed by atoms with E-state index in [0.29, 0.717) is 12.0 Å². The van der Waals surface area contributed by atoms with Gasteiger partial charge in [-0.05, 0) is 37.5 Å². The molecule has 0 spiro atoms. The predicted octanol–water partition coefficient (Wildman–Crippen LogP) is 2.03. The van der Waals surface area contributed by atoms with Crippen molar-refractivity contribution in [2.45, 2.75) is 19.4 Å². The molecule has 1 aliphatic carbocycles. The minimum absolute atomic E-state index is 0.385. The van der Waals surface area contributed by atoms with Crippen molar-refractivity contribution in [2.75, 3.05) is 0 Å². The lowest BCUT2D eigenvalue weighted by Gasteiger charge is -1.94. The van der Waals surface area contributed by atoms with Gasteiger partial charge in [-0.15, -0.1) is 0 Å². The van der Waals surface area contributed by atoms with Crippen molar-refractivity contribution in [1.82, 2.24) is 0 Å². The van der Waals surface area contributed by atoms with Gasteiger partial charge in [0.1, 0.15) is 5.76 Å². The largest absolute Gasteiger partial charge is 0.465 e. The van der Waals surface area contributed by atoms with Crippen LogP contribution in [0.3, 0.4) is 0 Å². The van der Waals surface area contributed by atoms with E-state index in [1.807, 2.05) is 12.1 Å². The normalized spacial score (nSPS) is 29.0. The zero-order valence-electron chi connectivity index (χ0n) is 7.16. The molecule has 0 radical (unpaired) electrons. The van der Waals surface area contributed by atoms with E-state index in [4.69, 9.17) is 10.2 Å². The average molecular weight is 163 g/mol. The lowest BCUT2D eigenvalue weighted by atomic mass is 10.1. The van der Waals surface area contributed by atoms with E-state index in [1.54, 1.807) is 6.26 Å². The van der Waals surface area contributed by atoms with Gasteiger partial charge in [-0.1, -0.05) is 5.57 Å². The highest BCUT2D eigenvalue weighted by Crippen LogP contribution is 2.35. The molecule has 0 saturated heterocycles. The Morgan fingerprint density at radius 3 is 3.00 bits per heavy atom. The minimum atomic E-state index is 0.385. The van der Waals surface area contributed by atoms with Crippen LogP contribution in [0.4, 0.5) is 0 Å². The molecule has 0 aromatic carbocycles. The maximum Gasteiger partial charge on any atom is 0.126 e. The summed E-state index contributed by atoms with van der Waals surface area (Å²) in [5.41, 5.74) is 7.06. The Bertz CT molecular complexity index is 287. The standard InChI is InChI=1S/C10H13NO/c1-7(9-6-10(9)11)5-8-3-2-4-12-8/h2-5,9-10H,6,11H2,1H3/b7-5-/t9-,10+/m0/s1. The summed E-state index contributed by atoms with van der Waals surface area (Å²) in [5, 5.41) is 0. The van der Waals surface area contributed by atoms with Gasteiger partial charge >= 0.3 is 0 Å². The molecule has 12 heavy (non-hydrogen) atoms. The van der Waals surface area contributed by atoms with Gasteiger partial charge in [0.2, 0.25) is 0 Å². The molecule has 1 saturated carbocycles. The van der Waals surface area contributed by atoms with Crippen molar-refractivity contribution in [1.29, 1.82) is 0 Å². The van der Waals surface area contributed by atoms with E-state index in [9.17, 15) is 0 Å². The lowest BCUT2D eigenvalue weighted by molar-refractivity contribution is 0.556. The van der Waals surface area contributed by atoms with Crippen LogP contribution in [0.1, 0.15) is 19.1 Å². The molecule has 2 nitrogen and oxygen atoms in total. The second-order valence-corrected chi connectivity index (χ2v) is 3.41. The molecule has 1 aromatic rings. The predicted molar refractivity (Wildman–Crippen MR) is 48.4 cm³/mol. The van der Waals surface area contributed by atoms with Gasteiger partial charge in [0.05, 0.1) is 6.26 Å². The summed E-state index contributed by atoms with van der Waals surface area (Å²) in [6, 6.07) is 4.24. The quantitative estimate of drug-likeness (QED) is 0.724. The monoisotopic (exact) mass is 163 g/mol. The maximum atomic E-state index is 5.72. The SMILES string of the molecule is C/C(=C/c1ccco1)[C@@H]1C[C@H]1N. The molecular formula is C10H13NO. The molecule has 1 fully saturated rings. The van der Waals surface area contributed by atoms with Gasteiger partial charge in [0.15, 0.2) is 0 Å². The van der Waals surface area contributed by atoms with Crippen LogP contribution in [0.15, 0.2) is 28.4 Å². The molecule has 0 amide bonds. The van der Waals surface area contributed by atoms with E-state index < -0.39 is 0 Å². The van der Waals surface area contributed by atoms with Gasteiger partial charge < -0.3 is 10.2 Å². The van der Waals surface area contributed by atoms with Gasteiger partial charge in [-0.2, -0.15) is 0 Å². The lowest BCUT2D eigenvalue weighted by Crippen LogP contribution is -2.02. The Labute approximate surface area is 72.1 Å². The van der Waals surface area contributed by atoms with Gasteiger partial charge in [-0.3, -0.25) is 0 Å². The Balaban J connectivity index is 2.09. The van der Waals surface area contributed by atoms with E-state index in [-0.39, 0.29) is 0 Å². The molecule has 64 valence electrons. The summed E-state index contributed by atoms with van der Waals surface area (Å²) < 4.78 is 5.20. The molecule has 1 aliphatic rings. The zero-order chi connectivity index (χ0) is 8.55. The maximum absolute atomic E-state index is 5.72. The first kappa shape index (κ1) is 7.62. The molecule has 2 N–H and O–H groups in total. The topological polar surface area (TPSA) is 39.2 Å². The van der Waals surface area contributed by atoms with E-state index in [0.717, 1.165) is 12.2 Å². The van der Waals surface area contributed by atoms with Gasteiger partial charge in [0, 0.05) is 6.04 Å². The smallest absolute Gasteiger partial charge is 0.126 e. The fourth-order valence-electron chi connectivity index (χ4n) is 1.44. The zero-order valence-corrected chi connectivity index (χ0v) is 7.16. The number of hydrogen-bond donors (Lipinski definition) is 1. The van der Waals surface area contributed by atoms with Crippen molar-refractivity contribution < 1.29 is 4.42 Å². The number of nitrogens with two attached hydrogens (primary N) is 1. The van der Waals surface area contributed by atoms with E-state index in [2.05, 4.69) is 13.0 Å². The molecule has 2 rings (SSSR count). The molecular weight excluding hydrogens is 150 g/mol. The minimum Gasteiger partial charge on any atom is -0.465 e. The summed E-state index contributed by atoms with van der Waals surface area (Å²) in [7, 11) is 0. The third-order valence-corrected chi connectivity index (χ3v) is 2.34. The molecule has 0 unspecified atom stereocenters. The highest BCUT2D eigenvalue weighted by Gasteiger charge is 2.34. The van der Waals surface area contributed by atoms with Crippen LogP contribution in [0.5, 0.6) is 0 Å². The number of rotatable bonds is 2. The average Bonchev–Trinajstić information content (AvgIpc) is 2.58. The van der Waals surface area contributed by atoms with Crippen molar-refractivity contribution in [3.63, 3.8) is 0 Å². The first-order valence-corrected chi connectivity index (χ1v) is 4.24. The highest BCUT2D eigenvalue weighted by molar-refractivity contribution is 5.48. The first-order chi connectivity index (χ1) is 5.77. The third kappa shape index (κ3) is 1.43. The van der Waals surface area contributed by atoms with Crippen LogP contribution >= 0.6 is 0 Å². The Kier molecular flexibility index (Phi) is 1.77. The van der Waals surface area contributed by atoms with Crippen LogP contribution in [-0.4, -0.2) is 6.04 Å². The molecule has 2 heteroatoms. The second-order valence-electron chi connectivity index (χ2n) is 3.41. The van der Waals surface area contributed by atoms with Crippen LogP contribution < -0.4 is 5.73 Å². The fraction of sp³-hybridized carbons (Fsp3) is 0.400. The van der Waals surface area contributed by atoms with Gasteiger partial charge in [0.25, 0.3) is 0 Å². The Morgan fingerprint density at radius 1 is 1.75 bits per heavy atom. The van der Waals surface area contributed by atoms with Crippen LogP contribution in [0, 0.1) is 5.92 Å². The van der Waals surface area contributed by atoms with Crippen molar-refractivity contribution >= 4 is 6.08 Å². The Morgan fingerprint density at radius 2 is 2.50 bits per heavy atom. The summed E-state index contributed by atoms with van der Waals surface area (Å²) in [5.74, 6) is 1.52. The highest BCUT2D eigenvalue weighted by atomic mass is 16.3. The number of furan rings is 1. The van der Waals surface area contributed by atoms with Gasteiger partial charge in [-0.25, -0.2) is 0 Å². The second kappa shape index (κ2) is 2.79. The van der Waals surface area contributed by atoms with Crippen LogP contribution in [-0.2, 0) is 0 Å². The third-order valence-electron chi connectivity index (χ3n) is 2.34.